The van der Waals surface area contributed by atoms with E-state index in [4.69, 9.17) is 4.98 Å². The second-order valence-electron chi connectivity index (χ2n) is 8.48. The monoisotopic (exact) mass is 502 g/mol. The molecule has 2 heterocycles. The number of sulfonamides is 1. The number of benzene rings is 2. The fraction of sp³-hybridized carbons (Fsp3) is 0.280. The zero-order chi connectivity index (χ0) is 25.4. The number of hydrogen-bond acceptors (Lipinski definition) is 4. The Bertz CT molecular complexity index is 1480. The van der Waals surface area contributed by atoms with Crippen molar-refractivity contribution in [3.05, 3.63) is 77.4 Å². The molecule has 0 radical (unpaired) electrons. The van der Waals surface area contributed by atoms with Gasteiger partial charge in [0.2, 0.25) is 0 Å². The van der Waals surface area contributed by atoms with Gasteiger partial charge in [0.15, 0.2) is 0 Å². The Morgan fingerprint density at radius 2 is 1.77 bits per heavy atom. The molecule has 4 aromatic rings. The van der Waals surface area contributed by atoms with Crippen LogP contribution < -0.4 is 4.72 Å². The summed E-state index contributed by atoms with van der Waals surface area (Å²) in [7, 11) is -5.56. The average molecular weight is 503 g/mol. The van der Waals surface area contributed by atoms with Crippen LogP contribution in [0.1, 0.15) is 35.9 Å². The van der Waals surface area contributed by atoms with Crippen molar-refractivity contribution >= 4 is 26.7 Å². The predicted molar refractivity (Wildman–Crippen MR) is 131 cm³/mol. The quantitative estimate of drug-likeness (QED) is 0.337. The smallest absolute Gasteiger partial charge is 0.323 e. The van der Waals surface area contributed by atoms with Gasteiger partial charge >= 0.3 is 15.5 Å². The summed E-state index contributed by atoms with van der Waals surface area (Å²) < 4.78 is 65.6. The molecule has 35 heavy (non-hydrogen) atoms. The third-order valence-electron chi connectivity index (χ3n) is 5.72. The van der Waals surface area contributed by atoms with Gasteiger partial charge in [0.05, 0.1) is 22.9 Å². The van der Waals surface area contributed by atoms with Crippen LogP contribution in [0.25, 0.3) is 22.2 Å². The average Bonchev–Trinajstić information content (AvgIpc) is 3.11. The fourth-order valence-electron chi connectivity index (χ4n) is 4.11. The number of nitrogens with one attached hydrogen (secondary N) is 1. The Labute approximate surface area is 201 Å². The molecule has 0 amide bonds. The van der Waals surface area contributed by atoms with Crippen LogP contribution in [-0.4, -0.2) is 28.5 Å². The first-order chi connectivity index (χ1) is 16.5. The number of aryl methyl sites for hydroxylation is 3. The molecule has 0 fully saturated rings. The molecule has 184 valence electrons. The van der Waals surface area contributed by atoms with Crippen molar-refractivity contribution in [2.24, 2.45) is 0 Å². The lowest BCUT2D eigenvalue weighted by atomic mass is 10.0. The molecule has 0 spiro atoms. The minimum Gasteiger partial charge on any atom is -0.323 e. The predicted octanol–water partition coefficient (Wildman–Crippen LogP) is 5.98. The highest BCUT2D eigenvalue weighted by atomic mass is 32.2. The van der Waals surface area contributed by atoms with Crippen LogP contribution in [-0.2, 0) is 23.0 Å². The number of imidazole rings is 1. The number of fused-ring (bicyclic) bond motifs is 1. The number of nitrogens with zero attached hydrogens (tertiary/aromatic N) is 3. The molecular formula is C25H25F3N4O2S. The number of pyridine rings is 1. The van der Waals surface area contributed by atoms with Gasteiger partial charge in [-0.05, 0) is 54.7 Å². The molecule has 0 aliphatic carbocycles. The normalized spacial score (nSPS) is 12.3. The van der Waals surface area contributed by atoms with Gasteiger partial charge in [0, 0.05) is 24.7 Å². The van der Waals surface area contributed by atoms with Crippen molar-refractivity contribution in [1.29, 1.82) is 0 Å². The Morgan fingerprint density at radius 3 is 2.43 bits per heavy atom. The SMILES string of the molecule is CCCc1nc2c(C)cc(C)cc2n1Cc1ccc(-c2ccncc2NS(=O)(=O)C(F)(F)F)cc1. The standard InChI is InChI=1S/C25H25F3N4O2S/c1-4-5-23-30-24-17(3)12-16(2)13-22(24)32(23)15-18-6-8-19(9-7-18)20-10-11-29-14-21(20)31-35(33,34)25(26,27)28/h6-14,31H,4-5,15H2,1-3H3. The summed E-state index contributed by atoms with van der Waals surface area (Å²) in [5.74, 6) is 0.998. The van der Waals surface area contributed by atoms with Gasteiger partial charge in [-0.25, -0.2) is 4.98 Å². The molecule has 1 N–H and O–H groups in total. The lowest BCUT2D eigenvalue weighted by Crippen LogP contribution is -2.30. The van der Waals surface area contributed by atoms with Crippen LogP contribution in [0.4, 0.5) is 18.9 Å². The molecule has 0 atom stereocenters. The van der Waals surface area contributed by atoms with Gasteiger partial charge in [-0.1, -0.05) is 37.3 Å². The number of alkyl halides is 3. The molecule has 0 saturated carbocycles. The van der Waals surface area contributed by atoms with Crippen molar-refractivity contribution in [3.8, 4) is 11.1 Å². The number of halogens is 3. The third kappa shape index (κ3) is 5.02. The van der Waals surface area contributed by atoms with E-state index in [1.54, 1.807) is 16.9 Å². The number of anilines is 1. The maximum atomic E-state index is 12.9. The summed E-state index contributed by atoms with van der Waals surface area (Å²) in [5, 5.41) is 0. The molecule has 0 bridgehead atoms. The maximum Gasteiger partial charge on any atom is 0.516 e. The van der Waals surface area contributed by atoms with Gasteiger partial charge in [0.25, 0.3) is 0 Å². The number of rotatable bonds is 7. The van der Waals surface area contributed by atoms with E-state index in [-0.39, 0.29) is 5.69 Å². The van der Waals surface area contributed by atoms with Crippen molar-refractivity contribution in [2.75, 3.05) is 4.72 Å². The second kappa shape index (κ2) is 9.33. The number of hydrogen-bond donors (Lipinski definition) is 1. The van der Waals surface area contributed by atoms with Gasteiger partial charge in [-0.15, -0.1) is 0 Å². The highest BCUT2D eigenvalue weighted by molar-refractivity contribution is 7.93. The van der Waals surface area contributed by atoms with Crippen LogP contribution in [0.5, 0.6) is 0 Å². The van der Waals surface area contributed by atoms with Crippen molar-refractivity contribution in [2.45, 2.75) is 45.7 Å². The molecule has 0 saturated heterocycles. The van der Waals surface area contributed by atoms with E-state index in [1.165, 1.54) is 12.3 Å². The van der Waals surface area contributed by atoms with Crippen LogP contribution in [0.2, 0.25) is 0 Å². The highest BCUT2D eigenvalue weighted by Crippen LogP contribution is 2.32. The maximum absolute atomic E-state index is 12.9. The zero-order valence-corrected chi connectivity index (χ0v) is 20.3. The van der Waals surface area contributed by atoms with Crippen molar-refractivity contribution in [1.82, 2.24) is 14.5 Å². The van der Waals surface area contributed by atoms with Gasteiger partial charge in [0.1, 0.15) is 5.82 Å². The Morgan fingerprint density at radius 1 is 1.06 bits per heavy atom. The fourth-order valence-corrected chi connectivity index (χ4v) is 4.68. The molecule has 10 heteroatoms. The minimum atomic E-state index is -5.56. The molecule has 0 aliphatic heterocycles. The van der Waals surface area contributed by atoms with Gasteiger partial charge < -0.3 is 4.57 Å². The Balaban J connectivity index is 1.67. The molecule has 4 rings (SSSR count). The van der Waals surface area contributed by atoms with Crippen LogP contribution in [0.15, 0.2) is 54.9 Å². The molecule has 0 unspecified atom stereocenters. The first-order valence-electron chi connectivity index (χ1n) is 11.1. The summed E-state index contributed by atoms with van der Waals surface area (Å²) in [6, 6.07) is 13.0. The summed E-state index contributed by atoms with van der Waals surface area (Å²) in [6.07, 6.45) is 4.25. The zero-order valence-electron chi connectivity index (χ0n) is 19.5. The van der Waals surface area contributed by atoms with Crippen LogP contribution in [0.3, 0.4) is 0 Å². The van der Waals surface area contributed by atoms with Crippen molar-refractivity contribution < 1.29 is 21.6 Å². The van der Waals surface area contributed by atoms with E-state index in [9.17, 15) is 21.6 Å². The first-order valence-corrected chi connectivity index (χ1v) is 12.6. The third-order valence-corrected chi connectivity index (χ3v) is 6.82. The molecule has 0 aliphatic rings. The van der Waals surface area contributed by atoms with Gasteiger partial charge in [-0.2, -0.15) is 21.6 Å². The van der Waals surface area contributed by atoms with Crippen LogP contribution >= 0.6 is 0 Å². The minimum absolute atomic E-state index is 0.241. The number of aromatic nitrogens is 3. The summed E-state index contributed by atoms with van der Waals surface area (Å²) in [5.41, 5.74) is 0.494. The molecular weight excluding hydrogens is 477 g/mol. The van der Waals surface area contributed by atoms with E-state index >= 15 is 0 Å². The highest BCUT2D eigenvalue weighted by Gasteiger charge is 2.46. The van der Waals surface area contributed by atoms with Crippen LogP contribution in [0, 0.1) is 13.8 Å². The molecule has 2 aromatic heterocycles. The van der Waals surface area contributed by atoms with E-state index < -0.39 is 15.5 Å². The summed E-state index contributed by atoms with van der Waals surface area (Å²) >= 11 is 0. The van der Waals surface area contributed by atoms with E-state index in [0.29, 0.717) is 17.7 Å². The second-order valence-corrected chi connectivity index (χ2v) is 10.2. The Kier molecular flexibility index (Phi) is 6.59. The summed E-state index contributed by atoms with van der Waals surface area (Å²) in [4.78, 5) is 8.64. The summed E-state index contributed by atoms with van der Waals surface area (Å²) in [6.45, 7) is 6.79. The first kappa shape index (κ1) is 24.7. The topological polar surface area (TPSA) is 76.9 Å². The molecule has 2 aromatic carbocycles. The largest absolute Gasteiger partial charge is 0.516 e. The van der Waals surface area contributed by atoms with E-state index in [2.05, 4.69) is 42.5 Å². The lowest BCUT2D eigenvalue weighted by molar-refractivity contribution is -0.0429. The molecule has 6 nitrogen and oxygen atoms in total. The van der Waals surface area contributed by atoms with Gasteiger partial charge in [-0.3, -0.25) is 9.71 Å². The van der Waals surface area contributed by atoms with E-state index in [1.807, 2.05) is 12.1 Å². The Hall–Kier alpha value is -3.40. The lowest BCUT2D eigenvalue weighted by Gasteiger charge is -2.14. The van der Waals surface area contributed by atoms with Crippen molar-refractivity contribution in [3.63, 3.8) is 0 Å². The van der Waals surface area contributed by atoms with E-state index in [0.717, 1.165) is 52.6 Å².